The first-order chi connectivity index (χ1) is 9.15. The van der Waals surface area contributed by atoms with E-state index in [9.17, 15) is 10.1 Å². The molecule has 0 aliphatic carbocycles. The van der Waals surface area contributed by atoms with Crippen molar-refractivity contribution in [3.63, 3.8) is 0 Å². The van der Waals surface area contributed by atoms with Gasteiger partial charge in [-0.15, -0.1) is 11.8 Å². The molecule has 0 aromatic carbocycles. The van der Waals surface area contributed by atoms with Crippen LogP contribution in [0.4, 0.5) is 0 Å². The Balaban J connectivity index is 2.06. The van der Waals surface area contributed by atoms with Gasteiger partial charge in [0.15, 0.2) is 5.82 Å². The van der Waals surface area contributed by atoms with Crippen molar-refractivity contribution in [3.8, 4) is 0 Å². The Hall–Kier alpha value is -0.640. The Kier molecular flexibility index (Phi) is 8.03. The summed E-state index contributed by atoms with van der Waals surface area (Å²) < 4.78 is 0. The van der Waals surface area contributed by atoms with Crippen molar-refractivity contribution in [2.75, 3.05) is 37.5 Å². The largest absolute Gasteiger partial charge is 0.394 e. The molecule has 1 rings (SSSR count). The number of aliphatic hydroxyl groups excluding tert-OH is 1. The Labute approximate surface area is 121 Å². The molecule has 0 aromatic rings. The molecule has 0 saturated carbocycles. The number of nitrogens with one attached hydrogen (secondary N) is 3. The summed E-state index contributed by atoms with van der Waals surface area (Å²) in [5, 5.41) is 28.5. The van der Waals surface area contributed by atoms with Gasteiger partial charge < -0.3 is 15.7 Å². The second-order valence-corrected chi connectivity index (χ2v) is 6.33. The lowest BCUT2D eigenvalue weighted by atomic mass is 10.4. The summed E-state index contributed by atoms with van der Waals surface area (Å²) in [6.45, 7) is 0.846. The van der Waals surface area contributed by atoms with E-state index in [4.69, 9.17) is 5.11 Å². The van der Waals surface area contributed by atoms with Crippen LogP contribution in [-0.4, -0.2) is 58.9 Å². The maximum Gasteiger partial charge on any atom is 0.274 e. The molecular weight excluding hydrogens is 288 g/mol. The third-order valence-corrected chi connectivity index (χ3v) is 4.88. The fraction of sp³-hybridized carbons (Fsp3) is 0.800. The van der Waals surface area contributed by atoms with Crippen LogP contribution in [0.25, 0.3) is 0 Å². The lowest BCUT2D eigenvalue weighted by Gasteiger charge is -2.12. The Morgan fingerprint density at radius 2 is 2.53 bits per heavy atom. The predicted octanol–water partition coefficient (Wildman–Crippen LogP) is -0.372. The molecule has 0 spiro atoms. The minimum Gasteiger partial charge on any atom is -0.394 e. The van der Waals surface area contributed by atoms with E-state index < -0.39 is 4.92 Å². The van der Waals surface area contributed by atoms with Crippen LogP contribution in [0.2, 0.25) is 0 Å². The predicted molar refractivity (Wildman–Crippen MR) is 79.7 cm³/mol. The number of nitrogens with zero attached hydrogens (tertiary/aromatic N) is 1. The van der Waals surface area contributed by atoms with Gasteiger partial charge in [-0.25, -0.2) is 0 Å². The third-order valence-electron chi connectivity index (χ3n) is 2.47. The highest BCUT2D eigenvalue weighted by Gasteiger charge is 2.22. The summed E-state index contributed by atoms with van der Waals surface area (Å²) in [6, 6.07) is 0.435. The smallest absolute Gasteiger partial charge is 0.274 e. The molecule has 2 atom stereocenters. The summed E-state index contributed by atoms with van der Waals surface area (Å²) in [6.07, 6.45) is 0.922. The Morgan fingerprint density at radius 1 is 1.74 bits per heavy atom. The molecule has 0 aromatic heterocycles. The number of thioether (sulfide) groups is 2. The molecule has 1 saturated heterocycles. The fourth-order valence-electron chi connectivity index (χ4n) is 1.58. The second-order valence-electron chi connectivity index (χ2n) is 3.95. The second kappa shape index (κ2) is 9.29. The fourth-order valence-corrected chi connectivity index (χ4v) is 3.71. The van der Waals surface area contributed by atoms with E-state index in [0.717, 1.165) is 23.5 Å². The molecule has 1 fully saturated rings. The van der Waals surface area contributed by atoms with E-state index in [-0.39, 0.29) is 12.0 Å². The first-order valence-corrected chi connectivity index (χ1v) is 8.19. The maximum atomic E-state index is 10.3. The number of hydrogen-bond donors (Lipinski definition) is 4. The Bertz CT molecular complexity index is 317. The van der Waals surface area contributed by atoms with Gasteiger partial charge in [0.2, 0.25) is 0 Å². The van der Waals surface area contributed by atoms with Gasteiger partial charge in [-0.3, -0.25) is 15.4 Å². The molecule has 0 amide bonds. The number of aliphatic hydroxyl groups is 1. The normalized spacial score (nSPS) is 23.4. The van der Waals surface area contributed by atoms with Gasteiger partial charge >= 0.3 is 0 Å². The molecule has 1 aliphatic heterocycles. The van der Waals surface area contributed by atoms with E-state index in [1.54, 1.807) is 30.6 Å². The van der Waals surface area contributed by atoms with Gasteiger partial charge in [-0.1, -0.05) is 0 Å². The van der Waals surface area contributed by atoms with Gasteiger partial charge in [-0.05, 0) is 0 Å². The molecule has 1 heterocycles. The number of rotatable bonds is 9. The molecule has 2 unspecified atom stereocenters. The molecule has 9 heteroatoms. The van der Waals surface area contributed by atoms with Crippen LogP contribution in [0.1, 0.15) is 0 Å². The van der Waals surface area contributed by atoms with Gasteiger partial charge in [0, 0.05) is 36.9 Å². The summed E-state index contributed by atoms with van der Waals surface area (Å²) in [7, 11) is 1.64. The van der Waals surface area contributed by atoms with Crippen LogP contribution >= 0.6 is 23.5 Å². The third kappa shape index (κ3) is 6.90. The average molecular weight is 308 g/mol. The lowest BCUT2D eigenvalue weighted by molar-refractivity contribution is -0.404. The maximum absolute atomic E-state index is 10.3. The molecule has 4 N–H and O–H groups in total. The van der Waals surface area contributed by atoms with E-state index in [2.05, 4.69) is 16.0 Å². The van der Waals surface area contributed by atoms with Crippen molar-refractivity contribution >= 4 is 23.5 Å². The lowest BCUT2D eigenvalue weighted by Crippen LogP contribution is -2.34. The summed E-state index contributed by atoms with van der Waals surface area (Å²) in [5.41, 5.74) is 0. The number of hydrogen-bond acceptors (Lipinski definition) is 8. The van der Waals surface area contributed by atoms with E-state index in [0.29, 0.717) is 18.4 Å². The molecule has 0 radical (unpaired) electrons. The zero-order valence-electron chi connectivity index (χ0n) is 10.8. The highest BCUT2D eigenvalue weighted by molar-refractivity contribution is 8.00. The monoisotopic (exact) mass is 308 g/mol. The van der Waals surface area contributed by atoms with Crippen molar-refractivity contribution in [2.45, 2.75) is 11.4 Å². The molecule has 110 valence electrons. The standard InChI is InChI=1S/C10H20N4O3S2/c1-11-9(4-14(16)17)12-2-3-18-6-8-7-19-10(5-15)13-8/h4,8,10-13,15H,2-3,5-7H2,1H3/b9-4+. The quantitative estimate of drug-likeness (QED) is 0.260. The van der Waals surface area contributed by atoms with Crippen LogP contribution in [0.5, 0.6) is 0 Å². The summed E-state index contributed by atoms with van der Waals surface area (Å²) >= 11 is 3.54. The minimum atomic E-state index is -0.485. The van der Waals surface area contributed by atoms with Crippen molar-refractivity contribution in [1.82, 2.24) is 16.0 Å². The number of nitro groups is 1. The van der Waals surface area contributed by atoms with Crippen LogP contribution in [0.3, 0.4) is 0 Å². The van der Waals surface area contributed by atoms with Crippen LogP contribution in [0, 0.1) is 10.1 Å². The topological polar surface area (TPSA) is 99.5 Å². The molecule has 0 bridgehead atoms. The molecule has 1 aliphatic rings. The zero-order chi connectivity index (χ0) is 14.1. The van der Waals surface area contributed by atoms with Gasteiger partial charge in [-0.2, -0.15) is 11.8 Å². The van der Waals surface area contributed by atoms with Gasteiger partial charge in [0.05, 0.1) is 16.9 Å². The highest BCUT2D eigenvalue weighted by Crippen LogP contribution is 2.20. The zero-order valence-corrected chi connectivity index (χ0v) is 12.4. The van der Waals surface area contributed by atoms with Crippen molar-refractivity contribution in [2.24, 2.45) is 0 Å². The first-order valence-electron chi connectivity index (χ1n) is 5.99. The molecular formula is C10H20N4O3S2. The molecule has 19 heavy (non-hydrogen) atoms. The van der Waals surface area contributed by atoms with E-state index in [1.807, 2.05) is 0 Å². The minimum absolute atomic E-state index is 0.169. The van der Waals surface area contributed by atoms with Gasteiger partial charge in [0.1, 0.15) is 0 Å². The first kappa shape index (κ1) is 16.4. The van der Waals surface area contributed by atoms with Crippen molar-refractivity contribution in [3.05, 3.63) is 22.1 Å². The SMILES string of the molecule is CN/C(=C\[N+](=O)[O-])NCCSCC1CSC(CO)N1. The molecule has 7 nitrogen and oxygen atoms in total. The van der Waals surface area contributed by atoms with E-state index >= 15 is 0 Å². The van der Waals surface area contributed by atoms with Crippen molar-refractivity contribution < 1.29 is 10.0 Å². The van der Waals surface area contributed by atoms with Crippen LogP contribution in [-0.2, 0) is 0 Å². The highest BCUT2D eigenvalue weighted by atomic mass is 32.2. The van der Waals surface area contributed by atoms with Crippen LogP contribution < -0.4 is 16.0 Å². The van der Waals surface area contributed by atoms with Crippen LogP contribution in [0.15, 0.2) is 12.0 Å². The van der Waals surface area contributed by atoms with E-state index in [1.165, 1.54) is 0 Å². The average Bonchev–Trinajstić information content (AvgIpc) is 2.84. The van der Waals surface area contributed by atoms with Gasteiger partial charge in [0.25, 0.3) is 6.20 Å². The van der Waals surface area contributed by atoms with Crippen molar-refractivity contribution in [1.29, 1.82) is 0 Å². The summed E-state index contributed by atoms with van der Waals surface area (Å²) in [4.78, 5) is 9.82. The Morgan fingerprint density at radius 3 is 3.11 bits per heavy atom. The summed E-state index contributed by atoms with van der Waals surface area (Å²) in [5.74, 6) is 3.30.